The number of aliphatic carboxylic acids is 1. The van der Waals surface area contributed by atoms with Crippen molar-refractivity contribution in [2.24, 2.45) is 11.8 Å². The lowest BCUT2D eigenvalue weighted by atomic mass is 9.89. The summed E-state index contributed by atoms with van der Waals surface area (Å²) in [4.78, 5) is 33.0. The summed E-state index contributed by atoms with van der Waals surface area (Å²) in [5.74, 6) is -0.0939. The zero-order chi connectivity index (χ0) is 26.7. The van der Waals surface area contributed by atoms with Crippen LogP contribution < -0.4 is 0 Å². The van der Waals surface area contributed by atoms with Gasteiger partial charge in [0, 0.05) is 34.9 Å². The van der Waals surface area contributed by atoms with Crippen LogP contribution in [0.1, 0.15) is 72.1 Å². The van der Waals surface area contributed by atoms with Crippen molar-refractivity contribution in [3.05, 3.63) is 12.7 Å². The molecule has 1 saturated heterocycles. The number of cyclic esters (lactones) is 1. The first-order chi connectivity index (χ1) is 15.5. The lowest BCUT2D eigenvalue weighted by Gasteiger charge is -2.33. The first kappa shape index (κ1) is 32.8. The Labute approximate surface area is 211 Å². The second kappa shape index (κ2) is 15.0. The highest BCUT2D eigenvalue weighted by molar-refractivity contribution is 6.78. The summed E-state index contributed by atoms with van der Waals surface area (Å²) in [7, 11) is -2.21. The lowest BCUT2D eigenvalue weighted by Crippen LogP contribution is -2.34. The second-order valence-electron chi connectivity index (χ2n) is 12.5. The molecule has 1 saturated carbocycles. The molecule has 1 heterocycles. The molecular weight excluding hydrogens is 460 g/mol. The zero-order valence-corrected chi connectivity index (χ0v) is 25.4. The van der Waals surface area contributed by atoms with Crippen LogP contribution in [-0.2, 0) is 19.1 Å². The molecule has 0 aromatic heterocycles. The van der Waals surface area contributed by atoms with E-state index in [2.05, 4.69) is 52.8 Å². The number of allylic oxidation sites excluding steroid dienone is 1. The van der Waals surface area contributed by atoms with E-state index < -0.39 is 22.1 Å². The van der Waals surface area contributed by atoms with Gasteiger partial charge >= 0.3 is 11.9 Å². The summed E-state index contributed by atoms with van der Waals surface area (Å²) in [6.45, 7) is 23.4. The van der Waals surface area contributed by atoms with Gasteiger partial charge in [-0.2, -0.15) is 0 Å². The smallest absolute Gasteiger partial charge is 0.306 e. The summed E-state index contributed by atoms with van der Waals surface area (Å²) in [5.41, 5.74) is 1.37. The number of hydrogen-bond donors (Lipinski definition) is 1. The Morgan fingerprint density at radius 3 is 1.94 bits per heavy atom. The Kier molecular flexibility index (Phi) is 14.5. The van der Waals surface area contributed by atoms with Gasteiger partial charge in [0.05, 0.1) is 12.0 Å². The highest BCUT2D eigenvalue weighted by atomic mass is 28.3. The minimum Gasteiger partial charge on any atom is -0.481 e. The molecule has 1 aliphatic heterocycles. The molecule has 0 bridgehead atoms. The summed E-state index contributed by atoms with van der Waals surface area (Å²) >= 11 is 0. The first-order valence-corrected chi connectivity index (χ1v) is 20.2. The monoisotopic (exact) mass is 512 g/mol. The predicted molar refractivity (Wildman–Crippen MR) is 148 cm³/mol. The standard InChI is InChI=1S/C10H20O2Si.C10H20OSi.C7H12O2/c1-8-5-6-9(13(2,3)4)7-10(11)12-8;1-8-5-6-9(7-10(8)11)12(2,3)4;1-3-4-5-6(2)7(8)9/h8-9H,5-7H2,1-4H3;8-9H,5-7H2,1-4H3;3,6H,1,4-5H2,2H3,(H,8,9)/t2*8-,9-;/m11./s1. The third kappa shape index (κ3) is 13.6. The fraction of sp³-hybridized carbons (Fsp3) is 0.815. The number of carbonyl (C=O) groups excluding carboxylic acids is 2. The molecule has 2 fully saturated rings. The van der Waals surface area contributed by atoms with E-state index in [4.69, 9.17) is 9.84 Å². The molecule has 2 rings (SSSR count). The minimum atomic E-state index is -1.16. The molecule has 34 heavy (non-hydrogen) atoms. The van der Waals surface area contributed by atoms with Crippen molar-refractivity contribution >= 4 is 33.9 Å². The molecule has 0 aromatic rings. The van der Waals surface area contributed by atoms with Crippen molar-refractivity contribution in [2.45, 2.75) is 129 Å². The molecule has 0 spiro atoms. The van der Waals surface area contributed by atoms with E-state index in [1.54, 1.807) is 13.0 Å². The van der Waals surface area contributed by atoms with E-state index in [1.807, 2.05) is 6.92 Å². The van der Waals surface area contributed by atoms with Gasteiger partial charge in [-0.05, 0) is 50.1 Å². The number of Topliss-reactive ketones (excluding diaryl/α,β-unsaturated/α-hetero) is 1. The van der Waals surface area contributed by atoms with Gasteiger partial charge in [-0.1, -0.05) is 65.6 Å². The quantitative estimate of drug-likeness (QED) is 0.225. The van der Waals surface area contributed by atoms with Crippen LogP contribution in [0.2, 0.25) is 50.4 Å². The van der Waals surface area contributed by atoms with Gasteiger partial charge in [0.1, 0.15) is 5.78 Å². The Hall–Kier alpha value is -1.22. The molecule has 1 N–H and O–H groups in total. The van der Waals surface area contributed by atoms with Crippen LogP contribution in [0.5, 0.6) is 0 Å². The van der Waals surface area contributed by atoms with Crippen LogP contribution in [-0.4, -0.2) is 45.1 Å². The van der Waals surface area contributed by atoms with Crippen LogP contribution >= 0.6 is 0 Å². The van der Waals surface area contributed by atoms with Crippen LogP contribution in [0.4, 0.5) is 0 Å². The van der Waals surface area contributed by atoms with Crippen LogP contribution in [0.25, 0.3) is 0 Å². The third-order valence-electron chi connectivity index (χ3n) is 7.29. The van der Waals surface area contributed by atoms with Crippen molar-refractivity contribution < 1.29 is 24.2 Å². The fourth-order valence-electron chi connectivity index (χ4n) is 4.20. The van der Waals surface area contributed by atoms with E-state index in [1.165, 1.54) is 12.8 Å². The molecule has 7 heteroatoms. The van der Waals surface area contributed by atoms with Gasteiger partial charge < -0.3 is 9.84 Å². The fourth-order valence-corrected chi connectivity index (χ4v) is 7.86. The van der Waals surface area contributed by atoms with Crippen LogP contribution in [0.3, 0.4) is 0 Å². The Bertz CT molecular complexity index is 663. The Morgan fingerprint density at radius 2 is 1.50 bits per heavy atom. The zero-order valence-electron chi connectivity index (χ0n) is 23.4. The maximum absolute atomic E-state index is 11.5. The molecule has 5 nitrogen and oxygen atoms in total. The van der Waals surface area contributed by atoms with Gasteiger partial charge in [-0.15, -0.1) is 6.58 Å². The Morgan fingerprint density at radius 1 is 1.00 bits per heavy atom. The summed E-state index contributed by atoms with van der Waals surface area (Å²) in [6, 6.07) is 0. The van der Waals surface area contributed by atoms with Crippen molar-refractivity contribution in [1.29, 1.82) is 0 Å². The molecule has 0 radical (unpaired) electrons. The average molecular weight is 513 g/mol. The third-order valence-corrected chi connectivity index (χ3v) is 13.2. The number of rotatable bonds is 6. The average Bonchev–Trinajstić information content (AvgIpc) is 2.88. The number of carboxylic acid groups (broad SMARTS) is 1. The molecule has 198 valence electrons. The van der Waals surface area contributed by atoms with Gasteiger partial charge in [0.15, 0.2) is 0 Å². The number of esters is 1. The van der Waals surface area contributed by atoms with Crippen molar-refractivity contribution in [3.63, 3.8) is 0 Å². The number of carbonyl (C=O) groups is 3. The number of hydrogen-bond acceptors (Lipinski definition) is 4. The molecule has 5 atom stereocenters. The first-order valence-electron chi connectivity index (χ1n) is 13.0. The van der Waals surface area contributed by atoms with E-state index in [0.29, 0.717) is 30.1 Å². The highest BCUT2D eigenvalue weighted by Crippen LogP contribution is 2.37. The molecule has 1 aliphatic carbocycles. The largest absolute Gasteiger partial charge is 0.481 e. The van der Waals surface area contributed by atoms with Crippen LogP contribution in [0.15, 0.2) is 12.7 Å². The number of ketones is 1. The summed E-state index contributed by atoms with van der Waals surface area (Å²) in [5, 5.41) is 8.37. The molecule has 0 amide bonds. The molecule has 2 aliphatic rings. The molecular formula is C27H52O5Si2. The van der Waals surface area contributed by atoms with Gasteiger partial charge in [0.25, 0.3) is 0 Å². The maximum atomic E-state index is 11.5. The van der Waals surface area contributed by atoms with E-state index in [9.17, 15) is 14.4 Å². The van der Waals surface area contributed by atoms with Gasteiger partial charge in [0.2, 0.25) is 0 Å². The van der Waals surface area contributed by atoms with Gasteiger partial charge in [-0.25, -0.2) is 0 Å². The SMILES string of the molecule is C=CCCC(C)C(=O)O.C[C@@H]1CC[C@@H]([Si](C)(C)C)CC(=O)O1.C[C@@H]1CC[C@@H]([Si](C)(C)C)CC1=O. The van der Waals surface area contributed by atoms with E-state index in [-0.39, 0.29) is 18.0 Å². The van der Waals surface area contributed by atoms with E-state index >= 15 is 0 Å². The lowest BCUT2D eigenvalue weighted by molar-refractivity contribution is -0.147. The van der Waals surface area contributed by atoms with Gasteiger partial charge in [-0.3, -0.25) is 14.4 Å². The van der Waals surface area contributed by atoms with Crippen molar-refractivity contribution in [2.75, 3.05) is 0 Å². The highest BCUT2D eigenvalue weighted by Gasteiger charge is 2.34. The minimum absolute atomic E-state index is 0.0115. The number of carboxylic acids is 1. The normalized spacial score (nSPS) is 26.5. The van der Waals surface area contributed by atoms with Crippen LogP contribution in [0, 0.1) is 11.8 Å². The predicted octanol–water partition coefficient (Wildman–Crippen LogP) is 7.57. The maximum Gasteiger partial charge on any atom is 0.306 e. The second-order valence-corrected chi connectivity index (χ2v) is 23.6. The van der Waals surface area contributed by atoms with Crippen molar-refractivity contribution in [3.8, 4) is 0 Å². The topological polar surface area (TPSA) is 80.7 Å². The molecule has 0 aromatic carbocycles. The number of ether oxygens (including phenoxy) is 1. The summed E-state index contributed by atoms with van der Waals surface area (Å²) < 4.78 is 5.22. The molecule has 1 unspecified atom stereocenters. The van der Waals surface area contributed by atoms with E-state index in [0.717, 1.165) is 31.2 Å². The van der Waals surface area contributed by atoms with Crippen molar-refractivity contribution in [1.82, 2.24) is 0 Å². The Balaban J connectivity index is 0.000000490. The summed E-state index contributed by atoms with van der Waals surface area (Å²) in [6.07, 6.45) is 9.51.